The highest BCUT2D eigenvalue weighted by molar-refractivity contribution is 6.04. The van der Waals surface area contributed by atoms with Crippen LogP contribution in [-0.4, -0.2) is 41.1 Å². The van der Waals surface area contributed by atoms with Gasteiger partial charge in [0.2, 0.25) is 5.88 Å². The van der Waals surface area contributed by atoms with Gasteiger partial charge in [-0.25, -0.2) is 15.0 Å². The Morgan fingerprint density at radius 3 is 2.33 bits per heavy atom. The molecule has 0 saturated heterocycles. The van der Waals surface area contributed by atoms with Crippen LogP contribution in [0.25, 0.3) is 0 Å². The summed E-state index contributed by atoms with van der Waals surface area (Å²) in [5.41, 5.74) is 2.00. The van der Waals surface area contributed by atoms with Crippen LogP contribution in [0, 0.1) is 6.92 Å². The predicted molar refractivity (Wildman–Crippen MR) is 119 cm³/mol. The van der Waals surface area contributed by atoms with Crippen molar-refractivity contribution in [3.8, 4) is 5.88 Å². The molecule has 3 rings (SSSR count). The van der Waals surface area contributed by atoms with Crippen LogP contribution in [0.3, 0.4) is 0 Å². The summed E-state index contributed by atoms with van der Waals surface area (Å²) in [5.74, 6) is 2.56. The lowest BCUT2D eigenvalue weighted by Gasteiger charge is -2.20. The Morgan fingerprint density at radius 1 is 1.03 bits per heavy atom. The van der Waals surface area contributed by atoms with Crippen LogP contribution in [0.2, 0.25) is 0 Å². The van der Waals surface area contributed by atoms with Gasteiger partial charge in [-0.15, -0.1) is 0 Å². The van der Waals surface area contributed by atoms with Gasteiger partial charge in [0.25, 0.3) is 5.91 Å². The second kappa shape index (κ2) is 9.69. The molecule has 2 N–H and O–H groups in total. The van der Waals surface area contributed by atoms with Crippen LogP contribution in [0.1, 0.15) is 30.0 Å². The Balaban J connectivity index is 1.68. The summed E-state index contributed by atoms with van der Waals surface area (Å²) in [5, 5.41) is 6.15. The minimum atomic E-state index is -0.235. The van der Waals surface area contributed by atoms with E-state index in [0.29, 0.717) is 23.0 Å². The number of amides is 1. The lowest BCUT2D eigenvalue weighted by molar-refractivity contribution is 0.102. The van der Waals surface area contributed by atoms with Gasteiger partial charge in [-0.2, -0.15) is 0 Å². The molecule has 1 amide bonds. The number of carbonyl (C=O) groups excluding carboxylic acids is 1. The number of ether oxygens (including phenoxy) is 1. The van der Waals surface area contributed by atoms with Gasteiger partial charge in [-0.05, 0) is 51.1 Å². The summed E-state index contributed by atoms with van der Waals surface area (Å²) in [6.45, 7) is 7.84. The van der Waals surface area contributed by atoms with Crippen molar-refractivity contribution in [2.24, 2.45) is 0 Å². The number of aromatic nitrogens is 3. The largest absolute Gasteiger partial charge is 0.481 e. The number of hydrogen-bond donors (Lipinski definition) is 2. The maximum absolute atomic E-state index is 12.4. The second-order valence-corrected chi connectivity index (χ2v) is 6.58. The van der Waals surface area contributed by atoms with E-state index in [2.05, 4.69) is 44.3 Å². The van der Waals surface area contributed by atoms with E-state index in [1.54, 1.807) is 12.1 Å². The maximum atomic E-state index is 12.4. The zero-order chi connectivity index (χ0) is 21.5. The third kappa shape index (κ3) is 5.22. The van der Waals surface area contributed by atoms with Crippen molar-refractivity contribution in [2.75, 3.05) is 35.7 Å². The lowest BCUT2D eigenvalue weighted by atomic mass is 10.2. The second-order valence-electron chi connectivity index (χ2n) is 6.58. The molecule has 0 unspecified atom stereocenters. The van der Waals surface area contributed by atoms with Crippen molar-refractivity contribution in [2.45, 2.75) is 20.8 Å². The Labute approximate surface area is 176 Å². The van der Waals surface area contributed by atoms with Crippen LogP contribution in [0.15, 0.2) is 48.7 Å². The average molecular weight is 406 g/mol. The van der Waals surface area contributed by atoms with Gasteiger partial charge in [-0.3, -0.25) is 4.79 Å². The van der Waals surface area contributed by atoms with E-state index >= 15 is 0 Å². The zero-order valence-corrected chi connectivity index (χ0v) is 17.6. The minimum absolute atomic E-state index is 0.235. The molecule has 0 saturated carbocycles. The van der Waals surface area contributed by atoms with E-state index in [1.165, 1.54) is 13.3 Å². The topological polar surface area (TPSA) is 92.3 Å². The quantitative estimate of drug-likeness (QED) is 0.583. The predicted octanol–water partition coefficient (Wildman–Crippen LogP) is 4.03. The molecule has 0 aliphatic heterocycles. The Bertz CT molecular complexity index is 986. The van der Waals surface area contributed by atoms with Crippen LogP contribution >= 0.6 is 0 Å². The van der Waals surface area contributed by atoms with Crippen molar-refractivity contribution >= 4 is 28.9 Å². The molecule has 8 heteroatoms. The van der Waals surface area contributed by atoms with E-state index in [0.717, 1.165) is 30.4 Å². The number of aryl methyl sites for hydroxylation is 1. The average Bonchev–Trinajstić information content (AvgIpc) is 2.75. The van der Waals surface area contributed by atoms with E-state index < -0.39 is 0 Å². The fraction of sp³-hybridized carbons (Fsp3) is 0.273. The molecule has 0 spiro atoms. The Morgan fingerprint density at radius 2 is 1.73 bits per heavy atom. The first-order valence-electron chi connectivity index (χ1n) is 9.81. The SMILES string of the molecule is CCN(CC)c1cc(Nc2ccc(NC(=O)c3ccc(OC)nc3)cc2)nc(C)n1. The van der Waals surface area contributed by atoms with Gasteiger partial charge >= 0.3 is 0 Å². The fourth-order valence-electron chi connectivity index (χ4n) is 2.95. The van der Waals surface area contributed by atoms with Crippen LogP contribution < -0.4 is 20.3 Å². The lowest BCUT2D eigenvalue weighted by Crippen LogP contribution is -2.23. The third-order valence-electron chi connectivity index (χ3n) is 4.53. The van der Waals surface area contributed by atoms with Gasteiger partial charge in [-0.1, -0.05) is 0 Å². The minimum Gasteiger partial charge on any atom is -0.481 e. The Kier molecular flexibility index (Phi) is 6.79. The van der Waals surface area contributed by atoms with E-state index in [9.17, 15) is 4.79 Å². The molecule has 0 radical (unpaired) electrons. The number of benzene rings is 1. The number of nitrogens with one attached hydrogen (secondary N) is 2. The van der Waals surface area contributed by atoms with E-state index in [1.807, 2.05) is 37.3 Å². The summed E-state index contributed by atoms with van der Waals surface area (Å²) < 4.78 is 5.01. The van der Waals surface area contributed by atoms with Gasteiger partial charge in [0.05, 0.1) is 12.7 Å². The molecular weight excluding hydrogens is 380 g/mol. The molecule has 0 atom stereocenters. The molecule has 2 aromatic heterocycles. The maximum Gasteiger partial charge on any atom is 0.257 e. The van der Waals surface area contributed by atoms with Gasteiger partial charge in [0.15, 0.2) is 0 Å². The monoisotopic (exact) mass is 406 g/mol. The molecule has 0 aliphatic carbocycles. The molecule has 0 aliphatic rings. The first kappa shape index (κ1) is 21.0. The first-order chi connectivity index (χ1) is 14.5. The summed E-state index contributed by atoms with van der Waals surface area (Å²) in [4.78, 5) is 27.6. The number of rotatable bonds is 8. The molecule has 0 bridgehead atoms. The number of methoxy groups -OCH3 is 1. The molecular formula is C22H26N6O2. The van der Waals surface area contributed by atoms with Gasteiger partial charge in [0.1, 0.15) is 17.5 Å². The van der Waals surface area contributed by atoms with E-state index in [4.69, 9.17) is 4.74 Å². The summed E-state index contributed by atoms with van der Waals surface area (Å²) in [7, 11) is 1.53. The van der Waals surface area contributed by atoms with Crippen LogP contribution in [-0.2, 0) is 0 Å². The molecule has 1 aromatic carbocycles. The molecule has 156 valence electrons. The highest BCUT2D eigenvalue weighted by Gasteiger charge is 2.09. The number of pyridine rings is 1. The van der Waals surface area contributed by atoms with Crippen molar-refractivity contribution in [3.63, 3.8) is 0 Å². The fourth-order valence-corrected chi connectivity index (χ4v) is 2.95. The van der Waals surface area contributed by atoms with Crippen molar-refractivity contribution in [1.29, 1.82) is 0 Å². The summed E-state index contributed by atoms with van der Waals surface area (Å²) in [6, 6.07) is 12.7. The molecule has 30 heavy (non-hydrogen) atoms. The van der Waals surface area contributed by atoms with E-state index in [-0.39, 0.29) is 5.91 Å². The van der Waals surface area contributed by atoms with Crippen LogP contribution in [0.5, 0.6) is 5.88 Å². The highest BCUT2D eigenvalue weighted by atomic mass is 16.5. The molecule has 8 nitrogen and oxygen atoms in total. The molecule has 3 aromatic rings. The van der Waals surface area contributed by atoms with Gasteiger partial charge < -0.3 is 20.3 Å². The molecule has 0 fully saturated rings. The molecule has 2 heterocycles. The zero-order valence-electron chi connectivity index (χ0n) is 17.6. The van der Waals surface area contributed by atoms with Crippen molar-refractivity contribution in [3.05, 3.63) is 60.0 Å². The standard InChI is InChI=1S/C22H26N6O2/c1-5-28(6-2)20-13-19(24-15(3)25-20)26-17-8-10-18(11-9-17)27-22(29)16-7-12-21(30-4)23-14-16/h7-14H,5-6H2,1-4H3,(H,27,29)(H,24,25,26). The number of anilines is 4. The highest BCUT2D eigenvalue weighted by Crippen LogP contribution is 2.21. The number of hydrogen-bond acceptors (Lipinski definition) is 7. The third-order valence-corrected chi connectivity index (χ3v) is 4.53. The normalized spacial score (nSPS) is 10.4. The Hall–Kier alpha value is -3.68. The summed E-state index contributed by atoms with van der Waals surface area (Å²) >= 11 is 0. The summed E-state index contributed by atoms with van der Waals surface area (Å²) in [6.07, 6.45) is 1.48. The van der Waals surface area contributed by atoms with Crippen molar-refractivity contribution in [1.82, 2.24) is 15.0 Å². The van der Waals surface area contributed by atoms with Crippen molar-refractivity contribution < 1.29 is 9.53 Å². The van der Waals surface area contributed by atoms with Gasteiger partial charge in [0, 0.05) is 42.8 Å². The number of carbonyl (C=O) groups is 1. The number of nitrogens with zero attached hydrogens (tertiary/aromatic N) is 4. The van der Waals surface area contributed by atoms with Crippen LogP contribution in [0.4, 0.5) is 23.0 Å². The smallest absolute Gasteiger partial charge is 0.257 e. The first-order valence-corrected chi connectivity index (χ1v) is 9.81.